The predicted octanol–water partition coefficient (Wildman–Crippen LogP) is 10.3. The zero-order valence-electron chi connectivity index (χ0n) is 22.5. The molecular weight excluding hydrogens is 486 g/mol. The van der Waals surface area contributed by atoms with Gasteiger partial charge >= 0.3 is 0 Å². The van der Waals surface area contributed by atoms with E-state index in [1.54, 1.807) is 0 Å². The van der Waals surface area contributed by atoms with Crippen molar-refractivity contribution in [3.05, 3.63) is 139 Å². The number of hydrogen-bond acceptors (Lipinski definition) is 2. The Hall–Kier alpha value is -4.95. The molecule has 8 rings (SSSR count). The summed E-state index contributed by atoms with van der Waals surface area (Å²) in [5.41, 5.74) is 13.4. The Labute approximate surface area is 233 Å². The van der Waals surface area contributed by atoms with Gasteiger partial charge in [-0.25, -0.2) is 4.98 Å². The summed E-state index contributed by atoms with van der Waals surface area (Å²) in [6.07, 6.45) is 0. The highest BCUT2D eigenvalue weighted by Gasteiger charge is 2.38. The molecule has 40 heavy (non-hydrogen) atoms. The van der Waals surface area contributed by atoms with E-state index in [9.17, 15) is 0 Å². The lowest BCUT2D eigenvalue weighted by Crippen LogP contribution is -2.15. The second-order valence-corrected chi connectivity index (χ2v) is 11.2. The highest BCUT2D eigenvalue weighted by atomic mass is 16.3. The molecular formula is C38H27NO. The van der Waals surface area contributed by atoms with Crippen molar-refractivity contribution < 1.29 is 4.42 Å². The molecule has 0 unspecified atom stereocenters. The average molecular weight is 514 g/mol. The van der Waals surface area contributed by atoms with Gasteiger partial charge in [-0.15, -0.1) is 0 Å². The first-order chi connectivity index (χ1) is 19.6. The van der Waals surface area contributed by atoms with Gasteiger partial charge in [0, 0.05) is 32.9 Å². The Morgan fingerprint density at radius 2 is 1.15 bits per heavy atom. The quantitative estimate of drug-likeness (QED) is 0.235. The van der Waals surface area contributed by atoms with Crippen molar-refractivity contribution in [2.24, 2.45) is 0 Å². The molecule has 1 aliphatic carbocycles. The summed E-state index contributed by atoms with van der Waals surface area (Å²) in [6.45, 7) is 4.65. The minimum Gasteiger partial charge on any atom is -0.456 e. The molecule has 0 saturated heterocycles. The Morgan fingerprint density at radius 3 is 1.85 bits per heavy atom. The van der Waals surface area contributed by atoms with Crippen molar-refractivity contribution in [3.63, 3.8) is 0 Å². The van der Waals surface area contributed by atoms with Gasteiger partial charge in [0.15, 0.2) is 0 Å². The highest BCUT2D eigenvalue weighted by molar-refractivity contribution is 6.09. The monoisotopic (exact) mass is 513 g/mol. The number of aromatic nitrogens is 1. The van der Waals surface area contributed by atoms with Gasteiger partial charge in [0.05, 0.1) is 11.4 Å². The van der Waals surface area contributed by atoms with Crippen LogP contribution in [0.3, 0.4) is 0 Å². The fourth-order valence-electron chi connectivity index (χ4n) is 6.46. The first kappa shape index (κ1) is 23.0. The van der Waals surface area contributed by atoms with Crippen molar-refractivity contribution in [2.75, 3.05) is 0 Å². The first-order valence-electron chi connectivity index (χ1n) is 13.8. The van der Waals surface area contributed by atoms with E-state index in [-0.39, 0.29) is 5.41 Å². The highest BCUT2D eigenvalue weighted by Crippen LogP contribution is 2.53. The number of fused-ring (bicyclic) bond motifs is 7. The summed E-state index contributed by atoms with van der Waals surface area (Å²) in [4.78, 5) is 5.08. The van der Waals surface area contributed by atoms with Crippen molar-refractivity contribution in [3.8, 4) is 44.8 Å². The molecule has 190 valence electrons. The van der Waals surface area contributed by atoms with Crippen LogP contribution in [0.25, 0.3) is 66.7 Å². The van der Waals surface area contributed by atoms with Gasteiger partial charge in [-0.2, -0.15) is 0 Å². The molecule has 2 aromatic heterocycles. The van der Waals surface area contributed by atoms with Crippen LogP contribution in [-0.2, 0) is 5.41 Å². The van der Waals surface area contributed by atoms with Gasteiger partial charge in [0.1, 0.15) is 11.2 Å². The fraction of sp³-hybridized carbons (Fsp3) is 0.0789. The van der Waals surface area contributed by atoms with Crippen molar-refractivity contribution in [2.45, 2.75) is 19.3 Å². The maximum absolute atomic E-state index is 6.50. The van der Waals surface area contributed by atoms with E-state index >= 15 is 0 Å². The van der Waals surface area contributed by atoms with E-state index in [0.717, 1.165) is 39.2 Å². The number of hydrogen-bond donors (Lipinski definition) is 0. The summed E-state index contributed by atoms with van der Waals surface area (Å²) in [5, 5.41) is 2.36. The van der Waals surface area contributed by atoms with Crippen LogP contribution in [0.15, 0.2) is 132 Å². The van der Waals surface area contributed by atoms with Gasteiger partial charge in [0.25, 0.3) is 0 Å². The Kier molecular flexibility index (Phi) is 4.90. The molecule has 2 heteroatoms. The van der Waals surface area contributed by atoms with E-state index in [4.69, 9.17) is 9.40 Å². The molecule has 0 bridgehead atoms. The summed E-state index contributed by atoms with van der Waals surface area (Å²) in [5.74, 6) is 0. The summed E-state index contributed by atoms with van der Waals surface area (Å²) < 4.78 is 6.50. The summed E-state index contributed by atoms with van der Waals surface area (Å²) >= 11 is 0. The Balaban J connectivity index is 1.31. The zero-order valence-corrected chi connectivity index (χ0v) is 22.5. The van der Waals surface area contributed by atoms with E-state index in [1.165, 1.54) is 38.6 Å². The second-order valence-electron chi connectivity index (χ2n) is 11.2. The maximum Gasteiger partial charge on any atom is 0.140 e. The SMILES string of the molecule is CC1(C)c2cc(-c3cc(-c4ccccc4)nc(-c4ccccc4)c3)ccc2-c2ccc3c(oc4ccccc43)c21. The van der Waals surface area contributed by atoms with E-state index < -0.39 is 0 Å². The van der Waals surface area contributed by atoms with Crippen LogP contribution in [-0.4, -0.2) is 4.98 Å². The first-order valence-corrected chi connectivity index (χ1v) is 13.8. The van der Waals surface area contributed by atoms with Gasteiger partial charge in [-0.05, 0) is 58.1 Å². The predicted molar refractivity (Wildman–Crippen MR) is 165 cm³/mol. The number of pyridine rings is 1. The van der Waals surface area contributed by atoms with Crippen molar-refractivity contribution in [1.82, 2.24) is 4.98 Å². The van der Waals surface area contributed by atoms with E-state index in [0.29, 0.717) is 0 Å². The third kappa shape index (κ3) is 3.39. The topological polar surface area (TPSA) is 26.0 Å². The minimum atomic E-state index is -0.203. The lowest BCUT2D eigenvalue weighted by atomic mass is 9.81. The number of nitrogens with zero attached hydrogens (tertiary/aromatic N) is 1. The molecule has 0 fully saturated rings. The van der Waals surface area contributed by atoms with Crippen LogP contribution >= 0.6 is 0 Å². The molecule has 0 amide bonds. The largest absolute Gasteiger partial charge is 0.456 e. The minimum absolute atomic E-state index is 0.203. The molecule has 0 N–H and O–H groups in total. The van der Waals surface area contributed by atoms with Crippen LogP contribution in [0.5, 0.6) is 0 Å². The molecule has 2 nitrogen and oxygen atoms in total. The van der Waals surface area contributed by atoms with Crippen LogP contribution in [0.4, 0.5) is 0 Å². The Bertz CT molecular complexity index is 2010. The molecule has 0 saturated carbocycles. The maximum atomic E-state index is 6.50. The molecule has 1 aliphatic rings. The van der Waals surface area contributed by atoms with E-state index in [1.807, 2.05) is 18.2 Å². The smallest absolute Gasteiger partial charge is 0.140 e. The summed E-state index contributed by atoms with van der Waals surface area (Å²) in [6, 6.07) is 45.1. The van der Waals surface area contributed by atoms with Gasteiger partial charge < -0.3 is 4.42 Å². The zero-order chi connectivity index (χ0) is 26.8. The third-order valence-electron chi connectivity index (χ3n) is 8.45. The molecule has 7 aromatic rings. The van der Waals surface area contributed by atoms with Crippen LogP contribution in [0, 0.1) is 0 Å². The second kappa shape index (κ2) is 8.53. The molecule has 0 aliphatic heterocycles. The molecule has 0 atom stereocenters. The Morgan fingerprint density at radius 1 is 0.525 bits per heavy atom. The number of benzene rings is 5. The molecule has 2 heterocycles. The standard InChI is InChI=1S/C38H27NO/c1-38(2)32-21-26(17-18-28(32)30-19-20-31-29-15-9-10-16-35(29)40-37(31)36(30)38)27-22-33(24-11-5-3-6-12-24)39-34(23-27)25-13-7-4-8-14-25/h3-23H,1-2H3. The van der Waals surface area contributed by atoms with Crippen molar-refractivity contribution in [1.29, 1.82) is 0 Å². The third-order valence-corrected chi connectivity index (χ3v) is 8.45. The van der Waals surface area contributed by atoms with Gasteiger partial charge in [-0.3, -0.25) is 0 Å². The summed E-state index contributed by atoms with van der Waals surface area (Å²) in [7, 11) is 0. The van der Waals surface area contributed by atoms with Crippen LogP contribution in [0.2, 0.25) is 0 Å². The number of furan rings is 1. The number of rotatable bonds is 3. The van der Waals surface area contributed by atoms with Crippen molar-refractivity contribution >= 4 is 21.9 Å². The fourth-order valence-corrected chi connectivity index (χ4v) is 6.46. The average Bonchev–Trinajstić information content (AvgIpc) is 3.50. The molecule has 0 spiro atoms. The number of para-hydroxylation sites is 1. The van der Waals surface area contributed by atoms with Gasteiger partial charge in [0.2, 0.25) is 0 Å². The van der Waals surface area contributed by atoms with Gasteiger partial charge in [-0.1, -0.05) is 111 Å². The molecule has 0 radical (unpaired) electrons. The van der Waals surface area contributed by atoms with Crippen LogP contribution in [0.1, 0.15) is 25.0 Å². The van der Waals surface area contributed by atoms with Crippen LogP contribution < -0.4 is 0 Å². The lowest BCUT2D eigenvalue weighted by Gasteiger charge is -2.22. The normalized spacial score (nSPS) is 13.4. The lowest BCUT2D eigenvalue weighted by molar-refractivity contribution is 0.620. The van der Waals surface area contributed by atoms with E-state index in [2.05, 4.69) is 123 Å². The molecule has 5 aromatic carbocycles.